The molecule has 0 bridgehead atoms. The van der Waals surface area contributed by atoms with Crippen LogP contribution in [0, 0.1) is 0 Å². The molecule has 0 aromatic heterocycles. The summed E-state index contributed by atoms with van der Waals surface area (Å²) in [4.78, 5) is 12.9. The summed E-state index contributed by atoms with van der Waals surface area (Å²) in [6.07, 6.45) is 0. The molecule has 0 aliphatic rings. The van der Waals surface area contributed by atoms with Gasteiger partial charge in [0, 0.05) is 0 Å². The lowest BCUT2D eigenvalue weighted by atomic mass is 10.2. The molecular weight excluding hydrogens is 214 g/mol. The number of ether oxygens (including phenoxy) is 1. The smallest absolute Gasteiger partial charge is 0.320 e. The zero-order valence-corrected chi connectivity index (χ0v) is 9.79. The molecule has 0 unspecified atom stereocenters. The standard InChI is InChI=1S/C11H15NO2.ClH/c1-12(2)8-11(13)14-9-10-6-4-3-5-7-10;/h3-7H,8-9H2,1-2H3;1H. The highest BCUT2D eigenvalue weighted by Crippen LogP contribution is 2.00. The van der Waals surface area contributed by atoms with Crippen LogP contribution in [0.4, 0.5) is 0 Å². The van der Waals surface area contributed by atoms with Crippen LogP contribution < -0.4 is 0 Å². The average Bonchev–Trinajstić information content (AvgIpc) is 2.15. The molecule has 0 atom stereocenters. The van der Waals surface area contributed by atoms with Crippen molar-refractivity contribution in [3.63, 3.8) is 0 Å². The normalized spacial score (nSPS) is 9.53. The molecule has 0 saturated carbocycles. The maximum Gasteiger partial charge on any atom is 0.320 e. The van der Waals surface area contributed by atoms with Gasteiger partial charge in [-0.25, -0.2) is 0 Å². The van der Waals surface area contributed by atoms with Gasteiger partial charge in [0.15, 0.2) is 0 Å². The Morgan fingerprint density at radius 1 is 1.27 bits per heavy atom. The minimum atomic E-state index is -0.196. The van der Waals surface area contributed by atoms with Crippen molar-refractivity contribution in [2.24, 2.45) is 0 Å². The summed E-state index contributed by atoms with van der Waals surface area (Å²) in [5.74, 6) is -0.196. The number of hydrogen-bond donors (Lipinski definition) is 0. The van der Waals surface area contributed by atoms with Gasteiger partial charge < -0.3 is 4.74 Å². The second kappa shape index (κ2) is 7.26. The highest BCUT2D eigenvalue weighted by atomic mass is 35.5. The Balaban J connectivity index is 0.00000196. The highest BCUT2D eigenvalue weighted by Gasteiger charge is 2.03. The molecule has 84 valence electrons. The molecule has 0 amide bonds. The monoisotopic (exact) mass is 229 g/mol. The van der Waals surface area contributed by atoms with E-state index in [2.05, 4.69) is 0 Å². The summed E-state index contributed by atoms with van der Waals surface area (Å²) in [5.41, 5.74) is 1.01. The van der Waals surface area contributed by atoms with E-state index in [1.165, 1.54) is 0 Å². The fourth-order valence-corrected chi connectivity index (χ4v) is 1.04. The number of carbonyl (C=O) groups is 1. The van der Waals surface area contributed by atoms with Crippen LogP contribution in [-0.4, -0.2) is 31.5 Å². The van der Waals surface area contributed by atoms with Gasteiger partial charge in [-0.2, -0.15) is 0 Å². The maximum atomic E-state index is 11.2. The number of benzene rings is 1. The van der Waals surface area contributed by atoms with E-state index >= 15 is 0 Å². The van der Waals surface area contributed by atoms with Gasteiger partial charge in [-0.3, -0.25) is 9.69 Å². The number of halogens is 1. The summed E-state index contributed by atoms with van der Waals surface area (Å²) in [6.45, 7) is 0.681. The molecular formula is C11H16ClNO2. The molecule has 0 heterocycles. The molecule has 4 heteroatoms. The Morgan fingerprint density at radius 3 is 2.40 bits per heavy atom. The van der Waals surface area contributed by atoms with Crippen molar-refractivity contribution in [1.82, 2.24) is 4.90 Å². The first kappa shape index (κ1) is 13.9. The molecule has 0 aliphatic carbocycles. The number of nitrogens with zero attached hydrogens (tertiary/aromatic N) is 1. The zero-order valence-electron chi connectivity index (χ0n) is 8.97. The molecule has 0 spiro atoms. The van der Waals surface area contributed by atoms with Gasteiger partial charge in [0.25, 0.3) is 0 Å². The molecule has 1 rings (SSSR count). The van der Waals surface area contributed by atoms with Gasteiger partial charge in [-0.05, 0) is 19.7 Å². The number of likely N-dealkylation sites (N-methyl/N-ethyl adjacent to an activating group) is 1. The largest absolute Gasteiger partial charge is 0.460 e. The third-order valence-electron chi connectivity index (χ3n) is 1.69. The minimum absolute atomic E-state index is 0. The fourth-order valence-electron chi connectivity index (χ4n) is 1.04. The van der Waals surface area contributed by atoms with Crippen LogP contribution in [0.15, 0.2) is 30.3 Å². The van der Waals surface area contributed by atoms with Crippen LogP contribution in [0.5, 0.6) is 0 Å². The Hall–Kier alpha value is -1.06. The third-order valence-corrected chi connectivity index (χ3v) is 1.69. The molecule has 0 fully saturated rings. The summed E-state index contributed by atoms with van der Waals surface area (Å²) < 4.78 is 5.06. The van der Waals surface area contributed by atoms with Crippen molar-refractivity contribution in [2.45, 2.75) is 6.61 Å². The van der Waals surface area contributed by atoms with Crippen molar-refractivity contribution < 1.29 is 9.53 Å². The molecule has 0 saturated heterocycles. The van der Waals surface area contributed by atoms with Crippen molar-refractivity contribution in [3.8, 4) is 0 Å². The lowest BCUT2D eigenvalue weighted by Crippen LogP contribution is -2.23. The molecule has 0 N–H and O–H groups in total. The predicted octanol–water partition coefficient (Wildman–Crippen LogP) is 1.71. The Labute approximate surface area is 96.4 Å². The predicted molar refractivity (Wildman–Crippen MR) is 62.0 cm³/mol. The molecule has 0 aliphatic heterocycles. The van der Waals surface area contributed by atoms with Gasteiger partial charge >= 0.3 is 5.97 Å². The number of carbonyl (C=O) groups excluding carboxylic acids is 1. The SMILES string of the molecule is CN(C)CC(=O)OCc1ccccc1.Cl. The minimum Gasteiger partial charge on any atom is -0.460 e. The lowest BCUT2D eigenvalue weighted by Gasteiger charge is -2.09. The first-order chi connectivity index (χ1) is 6.68. The van der Waals surface area contributed by atoms with E-state index < -0.39 is 0 Å². The van der Waals surface area contributed by atoms with Crippen LogP contribution in [0.1, 0.15) is 5.56 Å². The van der Waals surface area contributed by atoms with Gasteiger partial charge in [-0.15, -0.1) is 12.4 Å². The molecule has 1 aromatic carbocycles. The maximum absolute atomic E-state index is 11.2. The first-order valence-electron chi connectivity index (χ1n) is 4.53. The van der Waals surface area contributed by atoms with Gasteiger partial charge in [0.05, 0.1) is 6.54 Å². The summed E-state index contributed by atoms with van der Waals surface area (Å²) in [6, 6.07) is 9.65. The van der Waals surface area contributed by atoms with Crippen molar-refractivity contribution in [2.75, 3.05) is 20.6 Å². The number of esters is 1. The Kier molecular flexibility index (Phi) is 6.75. The van der Waals surface area contributed by atoms with Gasteiger partial charge in [-0.1, -0.05) is 30.3 Å². The number of hydrogen-bond acceptors (Lipinski definition) is 3. The van der Waals surface area contributed by atoms with E-state index in [1.807, 2.05) is 44.4 Å². The lowest BCUT2D eigenvalue weighted by molar-refractivity contribution is -0.145. The second-order valence-corrected chi connectivity index (χ2v) is 3.38. The van der Waals surface area contributed by atoms with Crippen LogP contribution in [0.2, 0.25) is 0 Å². The van der Waals surface area contributed by atoms with Crippen LogP contribution in [0.3, 0.4) is 0 Å². The summed E-state index contributed by atoms with van der Waals surface area (Å²) >= 11 is 0. The van der Waals surface area contributed by atoms with E-state index in [1.54, 1.807) is 4.90 Å². The highest BCUT2D eigenvalue weighted by molar-refractivity contribution is 5.85. The van der Waals surface area contributed by atoms with Gasteiger partial charge in [0.2, 0.25) is 0 Å². The topological polar surface area (TPSA) is 29.5 Å². The quantitative estimate of drug-likeness (QED) is 0.737. The third kappa shape index (κ3) is 6.10. The molecule has 3 nitrogen and oxygen atoms in total. The Morgan fingerprint density at radius 2 is 1.87 bits per heavy atom. The zero-order chi connectivity index (χ0) is 10.4. The van der Waals surface area contributed by atoms with Crippen molar-refractivity contribution in [3.05, 3.63) is 35.9 Å². The average molecular weight is 230 g/mol. The molecule has 15 heavy (non-hydrogen) atoms. The van der Waals surface area contributed by atoms with Crippen molar-refractivity contribution in [1.29, 1.82) is 0 Å². The van der Waals surface area contributed by atoms with E-state index in [4.69, 9.17) is 4.74 Å². The van der Waals surface area contributed by atoms with E-state index in [9.17, 15) is 4.79 Å². The molecule has 0 radical (unpaired) electrons. The van der Waals surface area contributed by atoms with Gasteiger partial charge in [0.1, 0.15) is 6.61 Å². The van der Waals surface area contributed by atoms with Crippen LogP contribution >= 0.6 is 12.4 Å². The first-order valence-corrected chi connectivity index (χ1v) is 4.53. The van der Waals surface area contributed by atoms with Crippen molar-refractivity contribution >= 4 is 18.4 Å². The second-order valence-electron chi connectivity index (χ2n) is 3.38. The fraction of sp³-hybridized carbons (Fsp3) is 0.364. The van der Waals surface area contributed by atoms with Crippen LogP contribution in [-0.2, 0) is 16.1 Å². The van der Waals surface area contributed by atoms with E-state index in [-0.39, 0.29) is 18.4 Å². The van der Waals surface area contributed by atoms with Crippen LogP contribution in [0.25, 0.3) is 0 Å². The van der Waals surface area contributed by atoms with E-state index in [0.717, 1.165) is 5.56 Å². The van der Waals surface area contributed by atoms with E-state index in [0.29, 0.717) is 13.2 Å². The number of rotatable bonds is 4. The molecule has 1 aromatic rings. The summed E-state index contributed by atoms with van der Waals surface area (Å²) in [5, 5.41) is 0. The summed E-state index contributed by atoms with van der Waals surface area (Å²) in [7, 11) is 3.67. The Bertz CT molecular complexity index is 288.